The molecule has 0 aromatic heterocycles. The van der Waals surface area contributed by atoms with Gasteiger partial charge in [0.2, 0.25) is 5.91 Å². The molecular weight excluding hydrogens is 290 g/mol. The number of carbonyl (C=O) groups is 1. The van der Waals surface area contributed by atoms with E-state index in [4.69, 9.17) is 9.47 Å². The van der Waals surface area contributed by atoms with Crippen LogP contribution in [0.15, 0.2) is 30.3 Å². The first-order chi connectivity index (χ1) is 10.9. The molecule has 126 valence electrons. The van der Waals surface area contributed by atoms with Crippen molar-refractivity contribution in [1.82, 2.24) is 4.90 Å². The summed E-state index contributed by atoms with van der Waals surface area (Å²) in [5.41, 5.74) is -0.409. The van der Waals surface area contributed by atoms with Gasteiger partial charge in [0.15, 0.2) is 0 Å². The Hall–Kier alpha value is -1.55. The molecule has 1 atom stereocenters. The predicted molar refractivity (Wildman–Crippen MR) is 89.4 cm³/mol. The minimum absolute atomic E-state index is 0.103. The minimum Gasteiger partial charge on any atom is -0.488 e. The molecule has 0 radical (unpaired) electrons. The second kappa shape index (κ2) is 6.16. The molecule has 1 amide bonds. The van der Waals surface area contributed by atoms with Gasteiger partial charge in [-0.25, -0.2) is 0 Å². The van der Waals surface area contributed by atoms with Crippen LogP contribution in [-0.4, -0.2) is 42.2 Å². The first-order valence-corrected chi connectivity index (χ1v) is 8.53. The Morgan fingerprint density at radius 1 is 1.22 bits per heavy atom. The zero-order chi connectivity index (χ0) is 16.5. The third kappa shape index (κ3) is 3.69. The highest BCUT2D eigenvalue weighted by Crippen LogP contribution is 2.38. The van der Waals surface area contributed by atoms with Gasteiger partial charge in [0.25, 0.3) is 0 Å². The predicted octanol–water partition coefficient (Wildman–Crippen LogP) is 3.26. The molecule has 0 unspecified atom stereocenters. The topological polar surface area (TPSA) is 38.8 Å². The van der Waals surface area contributed by atoms with Gasteiger partial charge in [0, 0.05) is 24.9 Å². The van der Waals surface area contributed by atoms with Crippen molar-refractivity contribution >= 4 is 5.91 Å². The number of carbonyl (C=O) groups excluding carboxylic acids is 1. The van der Waals surface area contributed by atoms with Crippen molar-refractivity contribution in [3.63, 3.8) is 0 Å². The summed E-state index contributed by atoms with van der Waals surface area (Å²) in [7, 11) is 0. The van der Waals surface area contributed by atoms with Gasteiger partial charge >= 0.3 is 0 Å². The van der Waals surface area contributed by atoms with Gasteiger partial charge in [-0.15, -0.1) is 0 Å². The highest BCUT2D eigenvalue weighted by Gasteiger charge is 2.45. The van der Waals surface area contributed by atoms with Crippen LogP contribution in [0.3, 0.4) is 0 Å². The summed E-state index contributed by atoms with van der Waals surface area (Å²) in [4.78, 5) is 14.4. The van der Waals surface area contributed by atoms with Crippen molar-refractivity contribution in [2.24, 2.45) is 5.41 Å². The van der Waals surface area contributed by atoms with Crippen molar-refractivity contribution in [3.05, 3.63) is 30.3 Å². The molecule has 2 aliphatic heterocycles. The monoisotopic (exact) mass is 317 g/mol. The van der Waals surface area contributed by atoms with Crippen LogP contribution in [-0.2, 0) is 9.53 Å². The van der Waals surface area contributed by atoms with Gasteiger partial charge in [-0.2, -0.15) is 0 Å². The molecule has 2 heterocycles. The first-order valence-electron chi connectivity index (χ1n) is 8.53. The van der Waals surface area contributed by atoms with Gasteiger partial charge < -0.3 is 14.4 Å². The number of benzene rings is 1. The Morgan fingerprint density at radius 2 is 1.87 bits per heavy atom. The van der Waals surface area contributed by atoms with Crippen LogP contribution in [0, 0.1) is 5.41 Å². The fourth-order valence-corrected chi connectivity index (χ4v) is 3.51. The van der Waals surface area contributed by atoms with Crippen molar-refractivity contribution in [3.8, 4) is 5.75 Å². The standard InChI is InChI=1S/C19H27NO3/c1-18(2,3)17(21)20-11-9-19(10-12-20)13-16(14-22-19)23-15-7-5-4-6-8-15/h4-8,16H,9-14H2,1-3H3/t16-/m0/s1. The van der Waals surface area contributed by atoms with E-state index >= 15 is 0 Å². The summed E-state index contributed by atoms with van der Waals surface area (Å²) in [6.07, 6.45) is 2.84. The number of hydrogen-bond acceptors (Lipinski definition) is 3. The normalized spacial score (nSPS) is 24.0. The molecule has 2 aliphatic rings. The van der Waals surface area contributed by atoms with Crippen LogP contribution in [0.5, 0.6) is 5.75 Å². The molecule has 1 aromatic rings. The number of piperidine rings is 1. The second-order valence-electron chi connectivity index (χ2n) is 7.79. The van der Waals surface area contributed by atoms with Gasteiger partial charge in [0.05, 0.1) is 12.2 Å². The van der Waals surface area contributed by atoms with Crippen LogP contribution in [0.1, 0.15) is 40.0 Å². The van der Waals surface area contributed by atoms with E-state index in [-0.39, 0.29) is 23.0 Å². The third-order valence-corrected chi connectivity index (χ3v) is 4.82. The first kappa shape index (κ1) is 16.3. The largest absolute Gasteiger partial charge is 0.488 e. The minimum atomic E-state index is -0.306. The summed E-state index contributed by atoms with van der Waals surface area (Å²) >= 11 is 0. The summed E-state index contributed by atoms with van der Waals surface area (Å²) in [6, 6.07) is 9.92. The molecule has 1 aromatic carbocycles. The fraction of sp³-hybridized carbons (Fsp3) is 0.632. The summed E-state index contributed by atoms with van der Waals surface area (Å²) in [5, 5.41) is 0. The Balaban J connectivity index is 1.54. The van der Waals surface area contributed by atoms with Crippen LogP contribution >= 0.6 is 0 Å². The number of nitrogens with zero attached hydrogens (tertiary/aromatic N) is 1. The maximum absolute atomic E-state index is 12.4. The van der Waals surface area contributed by atoms with Crippen molar-refractivity contribution in [1.29, 1.82) is 0 Å². The summed E-state index contributed by atoms with van der Waals surface area (Å²) in [6.45, 7) is 8.16. The average molecular weight is 317 g/mol. The molecule has 2 saturated heterocycles. The molecule has 0 bridgehead atoms. The molecule has 1 spiro atoms. The zero-order valence-electron chi connectivity index (χ0n) is 14.4. The molecule has 3 rings (SSSR count). The molecule has 0 N–H and O–H groups in total. The average Bonchev–Trinajstić information content (AvgIpc) is 2.90. The highest BCUT2D eigenvalue weighted by molar-refractivity contribution is 5.81. The number of rotatable bonds is 2. The van der Waals surface area contributed by atoms with Crippen molar-refractivity contribution in [2.75, 3.05) is 19.7 Å². The van der Waals surface area contributed by atoms with Gasteiger partial charge in [-0.05, 0) is 25.0 Å². The number of ether oxygens (including phenoxy) is 2. The van der Waals surface area contributed by atoms with Crippen LogP contribution in [0.25, 0.3) is 0 Å². The van der Waals surface area contributed by atoms with E-state index in [1.54, 1.807) is 0 Å². The van der Waals surface area contributed by atoms with E-state index in [0.717, 1.165) is 38.1 Å². The molecule has 0 aliphatic carbocycles. The Kier molecular flexibility index (Phi) is 4.37. The molecule has 4 nitrogen and oxygen atoms in total. The van der Waals surface area contributed by atoms with Crippen LogP contribution < -0.4 is 4.74 Å². The van der Waals surface area contributed by atoms with Crippen molar-refractivity contribution < 1.29 is 14.3 Å². The van der Waals surface area contributed by atoms with E-state index in [1.165, 1.54) is 0 Å². The summed E-state index contributed by atoms with van der Waals surface area (Å²) in [5.74, 6) is 1.14. The zero-order valence-corrected chi connectivity index (χ0v) is 14.4. The highest BCUT2D eigenvalue weighted by atomic mass is 16.6. The fourth-order valence-electron chi connectivity index (χ4n) is 3.51. The van der Waals surface area contributed by atoms with E-state index in [0.29, 0.717) is 6.61 Å². The smallest absolute Gasteiger partial charge is 0.227 e. The van der Waals surface area contributed by atoms with Crippen LogP contribution in [0.2, 0.25) is 0 Å². The SMILES string of the molecule is CC(C)(C)C(=O)N1CCC2(CC1)C[C@H](Oc1ccccc1)CO2. The quantitative estimate of drug-likeness (QED) is 0.840. The van der Waals surface area contributed by atoms with E-state index in [9.17, 15) is 4.79 Å². The maximum atomic E-state index is 12.4. The number of likely N-dealkylation sites (tertiary alicyclic amines) is 1. The Bertz CT molecular complexity index is 541. The van der Waals surface area contributed by atoms with Crippen LogP contribution in [0.4, 0.5) is 0 Å². The lowest BCUT2D eigenvalue weighted by Crippen LogP contribution is -2.49. The van der Waals surface area contributed by atoms with E-state index < -0.39 is 0 Å². The molecule has 0 saturated carbocycles. The summed E-state index contributed by atoms with van der Waals surface area (Å²) < 4.78 is 12.1. The number of para-hydroxylation sites is 1. The Labute approximate surface area is 138 Å². The second-order valence-corrected chi connectivity index (χ2v) is 7.79. The van der Waals surface area contributed by atoms with Gasteiger partial charge in [0.1, 0.15) is 11.9 Å². The molecule has 4 heteroatoms. The molecular formula is C19H27NO3. The Morgan fingerprint density at radius 3 is 2.48 bits per heavy atom. The van der Waals surface area contributed by atoms with Crippen molar-refractivity contribution in [2.45, 2.75) is 51.7 Å². The lowest BCUT2D eigenvalue weighted by molar-refractivity contribution is -0.144. The van der Waals surface area contributed by atoms with Gasteiger partial charge in [-0.3, -0.25) is 4.79 Å². The third-order valence-electron chi connectivity index (χ3n) is 4.82. The molecule has 2 fully saturated rings. The maximum Gasteiger partial charge on any atom is 0.227 e. The lowest BCUT2D eigenvalue weighted by Gasteiger charge is -2.40. The number of amides is 1. The van der Waals surface area contributed by atoms with E-state index in [1.807, 2.05) is 56.0 Å². The number of hydrogen-bond donors (Lipinski definition) is 0. The van der Waals surface area contributed by atoms with Gasteiger partial charge in [-0.1, -0.05) is 39.0 Å². The molecule has 23 heavy (non-hydrogen) atoms. The van der Waals surface area contributed by atoms with E-state index in [2.05, 4.69) is 0 Å². The lowest BCUT2D eigenvalue weighted by atomic mass is 9.86.